The first-order valence-corrected chi connectivity index (χ1v) is 7.94. The molecule has 1 aliphatic rings. The van der Waals surface area contributed by atoms with Crippen molar-refractivity contribution in [2.45, 2.75) is 49.7 Å². The monoisotopic (exact) mass is 374 g/mol. The lowest BCUT2D eigenvalue weighted by Crippen LogP contribution is -2.60. The molecule has 6 atom stereocenters. The minimum Gasteiger partial charge on any atom is -0.504 e. The van der Waals surface area contributed by atoms with Gasteiger partial charge in [-0.1, -0.05) is 6.07 Å². The Morgan fingerprint density at radius 3 is 2.46 bits per heavy atom. The van der Waals surface area contributed by atoms with Crippen LogP contribution in [0.2, 0.25) is 0 Å². The smallest absolute Gasteiger partial charge is 0.332 e. The molecule has 0 saturated carbocycles. The number of hydrogen-bond acceptors (Lipinski definition) is 9. The maximum absolute atomic E-state index is 10.6. The molecule has 0 aliphatic carbocycles. The fraction of sp³-hybridized carbons (Fsp3) is 0.562. The van der Waals surface area contributed by atoms with Crippen molar-refractivity contribution < 1.29 is 50.0 Å². The highest BCUT2D eigenvalue weighted by Gasteiger charge is 2.44. The summed E-state index contributed by atoms with van der Waals surface area (Å²) < 4.78 is 10.5. The number of aromatic hydroxyl groups is 1. The summed E-state index contributed by atoms with van der Waals surface area (Å²) in [7, 11) is 0. The highest BCUT2D eigenvalue weighted by atomic mass is 16.7. The summed E-state index contributed by atoms with van der Waals surface area (Å²) in [6.07, 6.45) is -8.67. The zero-order valence-corrected chi connectivity index (χ0v) is 13.7. The highest BCUT2D eigenvalue weighted by molar-refractivity contribution is 5.71. The summed E-state index contributed by atoms with van der Waals surface area (Å²) in [5.74, 6) is -1.75. The number of phenolic OH excluding ortho intramolecular Hbond substituents is 1. The number of benzene rings is 1. The number of hydrogen-bond donors (Lipinski definition) is 7. The predicted molar refractivity (Wildman–Crippen MR) is 84.5 cm³/mol. The van der Waals surface area contributed by atoms with Crippen molar-refractivity contribution >= 4 is 5.97 Å². The van der Waals surface area contributed by atoms with E-state index in [4.69, 9.17) is 19.7 Å². The number of phenols is 1. The first-order chi connectivity index (χ1) is 12.2. The Hall–Kier alpha value is -1.95. The molecule has 26 heavy (non-hydrogen) atoms. The maximum Gasteiger partial charge on any atom is 0.332 e. The average molecular weight is 374 g/mol. The van der Waals surface area contributed by atoms with E-state index in [2.05, 4.69) is 0 Å². The number of aliphatic hydroxyl groups is 5. The summed E-state index contributed by atoms with van der Waals surface area (Å²) in [6, 6.07) is 4.17. The average Bonchev–Trinajstić information content (AvgIpc) is 2.61. The molecule has 2 rings (SSSR count). The van der Waals surface area contributed by atoms with Crippen LogP contribution in [0.4, 0.5) is 0 Å². The summed E-state index contributed by atoms with van der Waals surface area (Å²) in [6.45, 7) is -0.609. The van der Waals surface area contributed by atoms with Crippen LogP contribution in [0.5, 0.6) is 11.5 Å². The van der Waals surface area contributed by atoms with Crippen molar-refractivity contribution in [2.75, 3.05) is 6.61 Å². The number of carboxylic acid groups (broad SMARTS) is 1. The maximum atomic E-state index is 10.6. The molecular formula is C16H22O10. The lowest BCUT2D eigenvalue weighted by atomic mass is 9.99. The minimum absolute atomic E-state index is 0.0400. The van der Waals surface area contributed by atoms with Gasteiger partial charge in [-0.15, -0.1) is 0 Å². The van der Waals surface area contributed by atoms with Crippen LogP contribution < -0.4 is 4.74 Å². The fourth-order valence-electron chi connectivity index (χ4n) is 2.53. The van der Waals surface area contributed by atoms with Crippen molar-refractivity contribution in [1.29, 1.82) is 0 Å². The number of rotatable bonds is 7. The van der Waals surface area contributed by atoms with E-state index in [1.165, 1.54) is 18.2 Å². The Labute approximate surface area is 148 Å². The van der Waals surface area contributed by atoms with Crippen molar-refractivity contribution in [1.82, 2.24) is 0 Å². The van der Waals surface area contributed by atoms with Gasteiger partial charge in [0.05, 0.1) is 6.61 Å². The topological polar surface area (TPSA) is 177 Å². The van der Waals surface area contributed by atoms with Gasteiger partial charge in [-0.2, -0.15) is 0 Å². The zero-order valence-electron chi connectivity index (χ0n) is 13.7. The molecule has 1 heterocycles. The van der Waals surface area contributed by atoms with E-state index < -0.39 is 49.4 Å². The molecule has 0 bridgehead atoms. The fourth-order valence-corrected chi connectivity index (χ4v) is 2.53. The molecule has 1 fully saturated rings. The van der Waals surface area contributed by atoms with Crippen LogP contribution in [0.3, 0.4) is 0 Å². The Kier molecular flexibility index (Phi) is 6.75. The van der Waals surface area contributed by atoms with E-state index >= 15 is 0 Å². The van der Waals surface area contributed by atoms with E-state index in [0.29, 0.717) is 5.56 Å². The minimum atomic E-state index is -1.61. The van der Waals surface area contributed by atoms with Gasteiger partial charge < -0.3 is 45.2 Å². The summed E-state index contributed by atoms with van der Waals surface area (Å²) in [4.78, 5) is 10.6. The molecule has 1 saturated heterocycles. The Morgan fingerprint density at radius 2 is 1.88 bits per heavy atom. The van der Waals surface area contributed by atoms with E-state index in [1.807, 2.05) is 0 Å². The first kappa shape index (κ1) is 20.4. The van der Waals surface area contributed by atoms with Crippen LogP contribution in [-0.4, -0.2) is 85.1 Å². The first-order valence-electron chi connectivity index (χ1n) is 7.94. The Morgan fingerprint density at radius 1 is 1.19 bits per heavy atom. The predicted octanol–water partition coefficient (Wildman–Crippen LogP) is -2.05. The number of aliphatic carboxylic acids is 1. The third kappa shape index (κ3) is 4.61. The molecule has 0 aromatic heterocycles. The molecule has 1 aliphatic heterocycles. The van der Waals surface area contributed by atoms with E-state index in [-0.39, 0.29) is 24.3 Å². The van der Waals surface area contributed by atoms with Crippen LogP contribution >= 0.6 is 0 Å². The summed E-state index contributed by atoms with van der Waals surface area (Å²) >= 11 is 0. The van der Waals surface area contributed by atoms with Gasteiger partial charge in [-0.25, -0.2) is 4.79 Å². The second kappa shape index (κ2) is 8.62. The van der Waals surface area contributed by atoms with Crippen molar-refractivity contribution in [3.8, 4) is 11.5 Å². The van der Waals surface area contributed by atoms with Gasteiger partial charge in [0.15, 0.2) is 17.6 Å². The van der Waals surface area contributed by atoms with Crippen LogP contribution in [-0.2, 0) is 16.0 Å². The number of ether oxygens (including phenoxy) is 2. The number of carbonyl (C=O) groups is 1. The largest absolute Gasteiger partial charge is 0.504 e. The number of carboxylic acids is 1. The molecule has 10 heteroatoms. The molecule has 0 amide bonds. The van der Waals surface area contributed by atoms with Gasteiger partial charge in [0.25, 0.3) is 0 Å². The molecule has 0 unspecified atom stereocenters. The standard InChI is InChI=1S/C16H22O10/c17-6-11-12(20)13(21)14(22)16(26-11)25-10-4-2-7(5-9(10)19)1-3-8(18)15(23)24/h2,4-5,8,11-14,16-22H,1,3,6H2,(H,23,24)/t8-,11-,12-,13+,14-,16-/m1/s1. The third-order valence-electron chi connectivity index (χ3n) is 4.11. The molecular weight excluding hydrogens is 352 g/mol. The molecule has 1 aromatic rings. The van der Waals surface area contributed by atoms with Gasteiger partial charge in [0, 0.05) is 0 Å². The number of aryl methyl sites for hydroxylation is 1. The summed E-state index contributed by atoms with van der Waals surface area (Å²) in [5, 5.41) is 66.4. The Bertz CT molecular complexity index is 619. The SMILES string of the molecule is O=C(O)[C@H](O)CCc1ccc(O[C@@H]2O[C@H](CO)[C@@H](O)[C@H](O)[C@H]2O)c(O)c1. The van der Waals surface area contributed by atoms with E-state index in [1.54, 1.807) is 0 Å². The third-order valence-corrected chi connectivity index (χ3v) is 4.11. The molecule has 146 valence electrons. The quantitative estimate of drug-likeness (QED) is 0.281. The van der Waals surface area contributed by atoms with Gasteiger partial charge >= 0.3 is 5.97 Å². The van der Waals surface area contributed by atoms with Crippen molar-refractivity contribution in [2.24, 2.45) is 0 Å². The Balaban J connectivity index is 2.04. The van der Waals surface area contributed by atoms with E-state index in [9.17, 15) is 30.3 Å². The molecule has 1 aromatic carbocycles. The normalized spacial score (nSPS) is 30.0. The molecule has 0 radical (unpaired) electrons. The lowest BCUT2D eigenvalue weighted by molar-refractivity contribution is -0.277. The van der Waals surface area contributed by atoms with Crippen molar-refractivity contribution in [3.05, 3.63) is 23.8 Å². The molecule has 0 spiro atoms. The summed E-state index contributed by atoms with van der Waals surface area (Å²) in [5.41, 5.74) is 0.545. The van der Waals surface area contributed by atoms with Crippen LogP contribution in [0.25, 0.3) is 0 Å². The lowest BCUT2D eigenvalue weighted by Gasteiger charge is -2.39. The molecule has 10 nitrogen and oxygen atoms in total. The van der Waals surface area contributed by atoms with E-state index in [0.717, 1.165) is 0 Å². The van der Waals surface area contributed by atoms with Gasteiger partial charge in [-0.3, -0.25) is 0 Å². The second-order valence-electron chi connectivity index (χ2n) is 6.01. The highest BCUT2D eigenvalue weighted by Crippen LogP contribution is 2.31. The van der Waals surface area contributed by atoms with Gasteiger partial charge in [0.1, 0.15) is 24.4 Å². The van der Waals surface area contributed by atoms with Gasteiger partial charge in [0.2, 0.25) is 6.29 Å². The second-order valence-corrected chi connectivity index (χ2v) is 6.01. The van der Waals surface area contributed by atoms with Crippen LogP contribution in [0, 0.1) is 0 Å². The van der Waals surface area contributed by atoms with Gasteiger partial charge in [-0.05, 0) is 30.5 Å². The van der Waals surface area contributed by atoms with Crippen LogP contribution in [0.15, 0.2) is 18.2 Å². The number of aliphatic hydroxyl groups excluding tert-OH is 5. The zero-order chi connectivity index (χ0) is 19.4. The van der Waals surface area contributed by atoms with Crippen LogP contribution in [0.1, 0.15) is 12.0 Å². The van der Waals surface area contributed by atoms with Crippen molar-refractivity contribution in [3.63, 3.8) is 0 Å². The molecule has 7 N–H and O–H groups in total.